The van der Waals surface area contributed by atoms with Crippen molar-refractivity contribution >= 4 is 45.6 Å². The van der Waals surface area contributed by atoms with E-state index in [4.69, 9.17) is 23.2 Å². The first-order valence-corrected chi connectivity index (χ1v) is 7.92. The van der Waals surface area contributed by atoms with Crippen LogP contribution < -0.4 is 5.32 Å². The molecule has 0 aliphatic heterocycles. The molecule has 0 aliphatic carbocycles. The molecule has 0 atom stereocenters. The van der Waals surface area contributed by atoms with Crippen molar-refractivity contribution in [3.8, 4) is 0 Å². The summed E-state index contributed by atoms with van der Waals surface area (Å²) in [6.45, 7) is 0. The van der Waals surface area contributed by atoms with Crippen LogP contribution in [0.15, 0.2) is 42.5 Å². The van der Waals surface area contributed by atoms with Crippen molar-refractivity contribution in [2.45, 2.75) is 6.42 Å². The Morgan fingerprint density at radius 2 is 1.82 bits per heavy atom. The van der Waals surface area contributed by atoms with E-state index in [0.717, 1.165) is 11.3 Å². The van der Waals surface area contributed by atoms with Crippen molar-refractivity contribution in [3.63, 3.8) is 0 Å². The fourth-order valence-corrected chi connectivity index (χ4v) is 2.76. The SMILES string of the molecule is Fc1ccc(Cc2nsc(Nc3ccc(Cl)c(Cl)c3)n2)cc1. The third kappa shape index (κ3) is 3.74. The van der Waals surface area contributed by atoms with Gasteiger partial charge in [0, 0.05) is 23.6 Å². The van der Waals surface area contributed by atoms with Crippen LogP contribution >= 0.6 is 34.7 Å². The van der Waals surface area contributed by atoms with E-state index >= 15 is 0 Å². The Kier molecular flexibility index (Phi) is 4.57. The van der Waals surface area contributed by atoms with Crippen molar-refractivity contribution in [2.75, 3.05) is 5.32 Å². The molecule has 7 heteroatoms. The highest BCUT2D eigenvalue weighted by molar-refractivity contribution is 7.09. The molecule has 3 aromatic rings. The van der Waals surface area contributed by atoms with Crippen molar-refractivity contribution in [2.24, 2.45) is 0 Å². The summed E-state index contributed by atoms with van der Waals surface area (Å²) in [4.78, 5) is 4.40. The third-order valence-electron chi connectivity index (χ3n) is 2.91. The van der Waals surface area contributed by atoms with Crippen molar-refractivity contribution in [3.05, 3.63) is 69.7 Å². The van der Waals surface area contributed by atoms with Gasteiger partial charge in [-0.3, -0.25) is 0 Å². The minimum Gasteiger partial charge on any atom is -0.330 e. The van der Waals surface area contributed by atoms with Gasteiger partial charge < -0.3 is 5.32 Å². The lowest BCUT2D eigenvalue weighted by molar-refractivity contribution is 0.627. The lowest BCUT2D eigenvalue weighted by Crippen LogP contribution is -1.93. The first-order valence-electron chi connectivity index (χ1n) is 6.39. The minimum absolute atomic E-state index is 0.253. The van der Waals surface area contributed by atoms with Gasteiger partial charge >= 0.3 is 0 Å². The zero-order chi connectivity index (χ0) is 15.5. The molecule has 0 aliphatic rings. The van der Waals surface area contributed by atoms with Crippen LogP contribution in [0.2, 0.25) is 10.0 Å². The van der Waals surface area contributed by atoms with E-state index in [1.54, 1.807) is 24.3 Å². The summed E-state index contributed by atoms with van der Waals surface area (Å²) in [6.07, 6.45) is 0.555. The molecule has 0 amide bonds. The van der Waals surface area contributed by atoms with E-state index < -0.39 is 0 Å². The lowest BCUT2D eigenvalue weighted by Gasteiger charge is -2.03. The molecule has 2 aromatic carbocycles. The lowest BCUT2D eigenvalue weighted by atomic mass is 10.1. The van der Waals surface area contributed by atoms with E-state index in [0.29, 0.717) is 27.4 Å². The number of rotatable bonds is 4. The standard InChI is InChI=1S/C15H10Cl2FN3S/c16-12-6-5-11(8-13(12)17)19-15-20-14(21-22-15)7-9-1-3-10(18)4-2-9/h1-6,8H,7H2,(H,19,20,21). The van der Waals surface area contributed by atoms with Gasteiger partial charge in [0.1, 0.15) is 11.6 Å². The van der Waals surface area contributed by atoms with Crippen LogP contribution in [-0.2, 0) is 6.42 Å². The van der Waals surface area contributed by atoms with Crippen LogP contribution in [0.4, 0.5) is 15.2 Å². The van der Waals surface area contributed by atoms with Crippen LogP contribution in [0, 0.1) is 5.82 Å². The molecule has 22 heavy (non-hydrogen) atoms. The molecule has 1 N–H and O–H groups in total. The summed E-state index contributed by atoms with van der Waals surface area (Å²) >= 11 is 13.1. The fourth-order valence-electron chi connectivity index (χ4n) is 1.86. The van der Waals surface area contributed by atoms with Gasteiger partial charge in [-0.05, 0) is 35.9 Å². The Morgan fingerprint density at radius 1 is 1.05 bits per heavy atom. The highest BCUT2D eigenvalue weighted by Gasteiger charge is 2.07. The quantitative estimate of drug-likeness (QED) is 0.689. The second-order valence-corrected chi connectivity index (χ2v) is 6.14. The summed E-state index contributed by atoms with van der Waals surface area (Å²) in [5, 5.41) is 4.77. The second-order valence-electron chi connectivity index (χ2n) is 4.57. The molecule has 0 fully saturated rings. The molecule has 3 nitrogen and oxygen atoms in total. The largest absolute Gasteiger partial charge is 0.330 e. The van der Waals surface area contributed by atoms with Crippen LogP contribution in [0.3, 0.4) is 0 Å². The average Bonchev–Trinajstić information content (AvgIpc) is 2.93. The number of nitrogens with one attached hydrogen (secondary N) is 1. The number of hydrogen-bond donors (Lipinski definition) is 1. The first-order chi connectivity index (χ1) is 10.6. The smallest absolute Gasteiger partial charge is 0.207 e. The third-order valence-corrected chi connectivity index (χ3v) is 4.32. The average molecular weight is 354 g/mol. The maximum Gasteiger partial charge on any atom is 0.207 e. The van der Waals surface area contributed by atoms with Crippen molar-refractivity contribution < 1.29 is 4.39 Å². The molecule has 0 unspecified atom stereocenters. The molecule has 1 aromatic heterocycles. The molecular weight excluding hydrogens is 344 g/mol. The number of benzene rings is 2. The van der Waals surface area contributed by atoms with Gasteiger partial charge in [0.15, 0.2) is 0 Å². The van der Waals surface area contributed by atoms with Gasteiger partial charge in [0.2, 0.25) is 5.13 Å². The summed E-state index contributed by atoms with van der Waals surface area (Å²) < 4.78 is 17.2. The summed E-state index contributed by atoms with van der Waals surface area (Å²) in [7, 11) is 0. The van der Waals surface area contributed by atoms with Crippen LogP contribution in [0.25, 0.3) is 0 Å². The number of aromatic nitrogens is 2. The molecule has 3 rings (SSSR count). The number of halogens is 3. The maximum absolute atomic E-state index is 12.9. The van der Waals surface area contributed by atoms with Crippen molar-refractivity contribution in [1.29, 1.82) is 0 Å². The second kappa shape index (κ2) is 6.60. The number of anilines is 2. The molecule has 1 heterocycles. The molecule has 0 radical (unpaired) electrons. The summed E-state index contributed by atoms with van der Waals surface area (Å²) in [6, 6.07) is 11.6. The Labute approximate surface area is 140 Å². The van der Waals surface area contributed by atoms with Gasteiger partial charge in [-0.25, -0.2) is 9.37 Å². The molecule has 0 saturated heterocycles. The van der Waals surface area contributed by atoms with Crippen LogP contribution in [0.1, 0.15) is 11.4 Å². The Hall–Kier alpha value is -1.69. The molecular formula is C15H10Cl2FN3S. The topological polar surface area (TPSA) is 37.8 Å². The monoisotopic (exact) mass is 353 g/mol. The molecule has 0 spiro atoms. The van der Waals surface area contributed by atoms with E-state index in [1.165, 1.54) is 23.7 Å². The minimum atomic E-state index is -0.253. The van der Waals surface area contributed by atoms with Crippen molar-refractivity contribution in [1.82, 2.24) is 9.36 Å². The highest BCUT2D eigenvalue weighted by atomic mass is 35.5. The zero-order valence-electron chi connectivity index (χ0n) is 11.2. The van der Waals surface area contributed by atoms with Gasteiger partial charge in [-0.15, -0.1) is 0 Å². The first kappa shape index (κ1) is 15.2. The van der Waals surface area contributed by atoms with E-state index in [9.17, 15) is 4.39 Å². The highest BCUT2D eigenvalue weighted by Crippen LogP contribution is 2.27. The van der Waals surface area contributed by atoms with Crippen LogP contribution in [-0.4, -0.2) is 9.36 Å². The molecule has 112 valence electrons. The van der Waals surface area contributed by atoms with Crippen LogP contribution in [0.5, 0.6) is 0 Å². The molecule has 0 saturated carbocycles. The maximum atomic E-state index is 12.9. The van der Waals surface area contributed by atoms with E-state index in [2.05, 4.69) is 14.7 Å². The fraction of sp³-hybridized carbons (Fsp3) is 0.0667. The summed E-state index contributed by atoms with van der Waals surface area (Å²) in [5.41, 5.74) is 1.75. The number of hydrogen-bond acceptors (Lipinski definition) is 4. The van der Waals surface area contributed by atoms with E-state index in [-0.39, 0.29) is 5.82 Å². The predicted molar refractivity (Wildman–Crippen MR) is 88.9 cm³/mol. The van der Waals surface area contributed by atoms with E-state index in [1.807, 2.05) is 6.07 Å². The Balaban J connectivity index is 1.70. The normalized spacial score (nSPS) is 10.7. The Morgan fingerprint density at radius 3 is 2.55 bits per heavy atom. The van der Waals surface area contributed by atoms with Gasteiger partial charge in [0.05, 0.1) is 10.0 Å². The zero-order valence-corrected chi connectivity index (χ0v) is 13.5. The molecule has 0 bridgehead atoms. The Bertz CT molecular complexity index is 790. The number of nitrogens with zero attached hydrogens (tertiary/aromatic N) is 2. The summed E-state index contributed by atoms with van der Waals surface area (Å²) in [5.74, 6) is 0.427. The van der Waals surface area contributed by atoms with Gasteiger partial charge in [-0.1, -0.05) is 35.3 Å². The predicted octanol–water partition coefficient (Wildman–Crippen LogP) is 5.32. The van der Waals surface area contributed by atoms with Gasteiger partial charge in [0.25, 0.3) is 0 Å². The van der Waals surface area contributed by atoms with Gasteiger partial charge in [-0.2, -0.15) is 4.37 Å².